The van der Waals surface area contributed by atoms with Gasteiger partial charge in [0.2, 0.25) is 5.82 Å². The van der Waals surface area contributed by atoms with Crippen molar-refractivity contribution in [2.24, 2.45) is 5.92 Å². The molecule has 0 amide bonds. The minimum atomic E-state index is -0.416. The summed E-state index contributed by atoms with van der Waals surface area (Å²) in [4.78, 5) is 16.6. The maximum atomic E-state index is 11.0. The number of nitrogen functional groups attached to an aromatic ring is 1. The second kappa shape index (κ2) is 6.18. The number of rotatable bonds is 6. The Labute approximate surface area is 107 Å². The first-order valence-corrected chi connectivity index (χ1v) is 6.15. The Morgan fingerprint density at radius 3 is 2.67 bits per heavy atom. The Morgan fingerprint density at radius 1 is 1.50 bits per heavy atom. The van der Waals surface area contributed by atoms with Crippen LogP contribution in [0.2, 0.25) is 0 Å². The predicted octanol–water partition coefficient (Wildman–Crippen LogP) is 2.44. The molecule has 1 unspecified atom stereocenters. The molecule has 6 heteroatoms. The van der Waals surface area contributed by atoms with Crippen LogP contribution in [0.4, 0.5) is 17.3 Å². The van der Waals surface area contributed by atoms with Gasteiger partial charge < -0.3 is 10.6 Å². The summed E-state index contributed by atoms with van der Waals surface area (Å²) in [7, 11) is 0. The van der Waals surface area contributed by atoms with Crippen LogP contribution >= 0.6 is 0 Å². The molecule has 0 bridgehead atoms. The maximum absolute atomic E-state index is 11.0. The van der Waals surface area contributed by atoms with Crippen LogP contribution in [0.15, 0.2) is 12.1 Å². The first-order valence-electron chi connectivity index (χ1n) is 6.15. The highest BCUT2D eigenvalue weighted by atomic mass is 16.6. The van der Waals surface area contributed by atoms with E-state index >= 15 is 0 Å². The molecule has 0 aromatic carbocycles. The lowest BCUT2D eigenvalue weighted by Crippen LogP contribution is -2.29. The lowest BCUT2D eigenvalue weighted by atomic mass is 10.1. The van der Waals surface area contributed by atoms with E-state index in [1.165, 1.54) is 12.1 Å². The largest absolute Gasteiger partial charge is 0.384 e. The molecule has 0 fully saturated rings. The molecule has 0 saturated carbocycles. The van der Waals surface area contributed by atoms with E-state index in [9.17, 15) is 10.1 Å². The number of anilines is 2. The van der Waals surface area contributed by atoms with Gasteiger partial charge in [0.25, 0.3) is 0 Å². The Bertz CT molecular complexity index is 423. The third-order valence-corrected chi connectivity index (χ3v) is 2.98. The maximum Gasteiger partial charge on any atom is 0.311 e. The summed E-state index contributed by atoms with van der Waals surface area (Å²) in [6, 6.07) is 2.87. The van der Waals surface area contributed by atoms with Gasteiger partial charge in [-0.25, -0.2) is 4.98 Å². The molecule has 6 nitrogen and oxygen atoms in total. The fraction of sp³-hybridized carbons (Fsp3) is 0.583. The van der Waals surface area contributed by atoms with Gasteiger partial charge in [-0.1, -0.05) is 20.3 Å². The van der Waals surface area contributed by atoms with Gasteiger partial charge in [-0.2, -0.15) is 0 Å². The monoisotopic (exact) mass is 252 g/mol. The van der Waals surface area contributed by atoms with Crippen LogP contribution in [-0.4, -0.2) is 23.0 Å². The predicted molar refractivity (Wildman–Crippen MR) is 72.6 cm³/mol. The Hall–Kier alpha value is -1.85. The van der Waals surface area contributed by atoms with Crippen LogP contribution in [-0.2, 0) is 0 Å². The summed E-state index contributed by atoms with van der Waals surface area (Å²) >= 11 is 0. The standard InChI is InChI=1S/C12H20N4O2/c1-4-9(3)8-15(5-2)12-10(16(17)18)6-7-11(13)14-12/h6-7,9H,4-5,8H2,1-3H3,(H2,13,14). The summed E-state index contributed by atoms with van der Waals surface area (Å²) < 4.78 is 0. The molecular weight excluding hydrogens is 232 g/mol. The Morgan fingerprint density at radius 2 is 2.17 bits per heavy atom. The van der Waals surface area contributed by atoms with Crippen molar-refractivity contribution in [1.82, 2.24) is 4.98 Å². The molecule has 1 heterocycles. The highest BCUT2D eigenvalue weighted by molar-refractivity contribution is 5.60. The van der Waals surface area contributed by atoms with Crippen molar-refractivity contribution in [3.8, 4) is 0 Å². The SMILES string of the molecule is CCC(C)CN(CC)c1nc(N)ccc1[N+](=O)[O-]. The highest BCUT2D eigenvalue weighted by Gasteiger charge is 2.21. The normalized spacial score (nSPS) is 12.2. The smallest absolute Gasteiger partial charge is 0.311 e. The van der Waals surface area contributed by atoms with E-state index in [-0.39, 0.29) is 5.69 Å². The second-order valence-corrected chi connectivity index (χ2v) is 4.39. The third kappa shape index (κ3) is 3.32. The Balaban J connectivity index is 3.10. The quantitative estimate of drug-likeness (QED) is 0.620. The van der Waals surface area contributed by atoms with Gasteiger partial charge in [0.05, 0.1) is 4.92 Å². The molecule has 1 aromatic rings. The zero-order chi connectivity index (χ0) is 13.7. The zero-order valence-corrected chi connectivity index (χ0v) is 11.1. The van der Waals surface area contributed by atoms with Crippen molar-refractivity contribution >= 4 is 17.3 Å². The van der Waals surface area contributed by atoms with Crippen LogP contribution in [0.25, 0.3) is 0 Å². The van der Waals surface area contributed by atoms with Gasteiger partial charge in [0, 0.05) is 19.2 Å². The zero-order valence-electron chi connectivity index (χ0n) is 11.1. The van der Waals surface area contributed by atoms with E-state index in [1.54, 1.807) is 0 Å². The van der Waals surface area contributed by atoms with Crippen LogP contribution in [0.3, 0.4) is 0 Å². The average molecular weight is 252 g/mol. The lowest BCUT2D eigenvalue weighted by molar-refractivity contribution is -0.384. The molecule has 0 saturated heterocycles. The first kappa shape index (κ1) is 14.2. The third-order valence-electron chi connectivity index (χ3n) is 2.98. The van der Waals surface area contributed by atoms with Crippen LogP contribution in [0.5, 0.6) is 0 Å². The highest BCUT2D eigenvalue weighted by Crippen LogP contribution is 2.27. The molecule has 1 rings (SSSR count). The number of nitro groups is 1. The topological polar surface area (TPSA) is 85.3 Å². The summed E-state index contributed by atoms with van der Waals surface area (Å²) in [5, 5.41) is 11.0. The molecule has 1 atom stereocenters. The molecule has 0 spiro atoms. The molecule has 0 radical (unpaired) electrons. The summed E-state index contributed by atoms with van der Waals surface area (Å²) in [5.41, 5.74) is 5.63. The van der Waals surface area contributed by atoms with Gasteiger partial charge in [0.15, 0.2) is 0 Å². The van der Waals surface area contributed by atoms with Crippen molar-refractivity contribution in [2.75, 3.05) is 23.7 Å². The second-order valence-electron chi connectivity index (χ2n) is 4.39. The van der Waals surface area contributed by atoms with Gasteiger partial charge in [-0.3, -0.25) is 10.1 Å². The molecule has 0 aliphatic rings. The molecule has 0 aliphatic heterocycles. The summed E-state index contributed by atoms with van der Waals surface area (Å²) in [5.74, 6) is 1.12. The molecule has 100 valence electrons. The molecule has 1 aromatic heterocycles. The molecular formula is C12H20N4O2. The van der Waals surface area contributed by atoms with E-state index in [2.05, 4.69) is 18.8 Å². The lowest BCUT2D eigenvalue weighted by Gasteiger charge is -2.24. The van der Waals surface area contributed by atoms with Crippen LogP contribution in [0, 0.1) is 16.0 Å². The van der Waals surface area contributed by atoms with E-state index in [0.717, 1.165) is 13.0 Å². The van der Waals surface area contributed by atoms with Gasteiger partial charge >= 0.3 is 5.69 Å². The molecule has 18 heavy (non-hydrogen) atoms. The van der Waals surface area contributed by atoms with E-state index in [1.807, 2.05) is 11.8 Å². The number of hydrogen-bond acceptors (Lipinski definition) is 5. The number of nitrogens with two attached hydrogens (primary N) is 1. The van der Waals surface area contributed by atoms with Crippen molar-refractivity contribution < 1.29 is 4.92 Å². The van der Waals surface area contributed by atoms with Crippen molar-refractivity contribution in [2.45, 2.75) is 27.2 Å². The van der Waals surface area contributed by atoms with Crippen molar-refractivity contribution in [3.63, 3.8) is 0 Å². The number of pyridine rings is 1. The fourth-order valence-electron chi connectivity index (χ4n) is 1.70. The van der Waals surface area contributed by atoms with Crippen molar-refractivity contribution in [3.05, 3.63) is 22.2 Å². The van der Waals surface area contributed by atoms with Crippen LogP contribution in [0.1, 0.15) is 27.2 Å². The molecule has 2 N–H and O–H groups in total. The van der Waals surface area contributed by atoms with E-state index in [0.29, 0.717) is 24.1 Å². The van der Waals surface area contributed by atoms with E-state index in [4.69, 9.17) is 5.73 Å². The first-order chi connectivity index (χ1) is 8.49. The number of aromatic nitrogens is 1. The van der Waals surface area contributed by atoms with E-state index < -0.39 is 4.92 Å². The summed E-state index contributed by atoms with van der Waals surface area (Å²) in [6.45, 7) is 7.57. The number of nitrogens with zero attached hydrogens (tertiary/aromatic N) is 3. The minimum absolute atomic E-state index is 0.00866. The Kier molecular flexibility index (Phi) is 4.88. The molecule has 0 aliphatic carbocycles. The minimum Gasteiger partial charge on any atom is -0.384 e. The van der Waals surface area contributed by atoms with Crippen LogP contribution < -0.4 is 10.6 Å². The number of hydrogen-bond donors (Lipinski definition) is 1. The average Bonchev–Trinajstić information content (AvgIpc) is 2.35. The van der Waals surface area contributed by atoms with Gasteiger partial charge in [-0.15, -0.1) is 0 Å². The fourth-order valence-corrected chi connectivity index (χ4v) is 1.70. The van der Waals surface area contributed by atoms with Crippen molar-refractivity contribution in [1.29, 1.82) is 0 Å². The van der Waals surface area contributed by atoms with Gasteiger partial charge in [-0.05, 0) is 18.9 Å². The van der Waals surface area contributed by atoms with Gasteiger partial charge in [0.1, 0.15) is 5.82 Å². The summed E-state index contributed by atoms with van der Waals surface area (Å²) in [6.07, 6.45) is 1.02.